The molecule has 0 unspecified atom stereocenters. The van der Waals surface area contributed by atoms with Crippen LogP contribution in [0.25, 0.3) is 0 Å². The molecule has 1 rings (SSSR count). The van der Waals surface area contributed by atoms with Crippen molar-refractivity contribution in [2.75, 3.05) is 6.54 Å². The molecule has 0 aromatic heterocycles. The number of rotatable bonds is 4. The molecule has 0 aliphatic carbocycles. The molecule has 1 aliphatic heterocycles. The summed E-state index contributed by atoms with van der Waals surface area (Å²) in [6.45, 7) is 3.64. The minimum Gasteiger partial charge on any atom is -0.479 e. The van der Waals surface area contributed by atoms with Crippen LogP contribution in [0, 0.1) is 16.7 Å². The summed E-state index contributed by atoms with van der Waals surface area (Å²) in [6.07, 6.45) is -0.870. The quantitative estimate of drug-likeness (QED) is 0.735. The lowest BCUT2D eigenvalue weighted by molar-refractivity contribution is -0.151. The third kappa shape index (κ3) is 3.71. The van der Waals surface area contributed by atoms with E-state index in [9.17, 15) is 9.59 Å². The molecule has 1 heterocycles. The third-order valence-electron chi connectivity index (χ3n) is 2.59. The highest BCUT2D eigenvalue weighted by atomic mass is 16.5. The van der Waals surface area contributed by atoms with Gasteiger partial charge in [0.05, 0.1) is 11.5 Å². The van der Waals surface area contributed by atoms with Gasteiger partial charge in [-0.1, -0.05) is 0 Å². The highest BCUT2D eigenvalue weighted by Gasteiger charge is 2.35. The molecule has 2 N–H and O–H groups in total. The molecule has 1 amide bonds. The molecule has 6 nitrogen and oxygen atoms in total. The van der Waals surface area contributed by atoms with Gasteiger partial charge >= 0.3 is 5.97 Å². The van der Waals surface area contributed by atoms with Crippen molar-refractivity contribution in [3.05, 3.63) is 0 Å². The van der Waals surface area contributed by atoms with Crippen molar-refractivity contribution in [2.24, 2.45) is 5.41 Å². The van der Waals surface area contributed by atoms with Crippen LogP contribution in [0.3, 0.4) is 0 Å². The molecule has 0 radical (unpaired) electrons. The van der Waals surface area contributed by atoms with E-state index in [1.54, 1.807) is 13.8 Å². The number of amides is 1. The molecule has 6 heteroatoms. The van der Waals surface area contributed by atoms with Crippen LogP contribution < -0.4 is 5.32 Å². The summed E-state index contributed by atoms with van der Waals surface area (Å²) in [7, 11) is 0. The summed E-state index contributed by atoms with van der Waals surface area (Å²) in [5, 5.41) is 20.1. The molecule has 17 heavy (non-hydrogen) atoms. The van der Waals surface area contributed by atoms with Gasteiger partial charge in [-0.15, -0.1) is 0 Å². The van der Waals surface area contributed by atoms with Crippen molar-refractivity contribution in [1.82, 2.24) is 5.32 Å². The highest BCUT2D eigenvalue weighted by Crippen LogP contribution is 2.20. The molecular weight excluding hydrogens is 224 g/mol. The summed E-state index contributed by atoms with van der Waals surface area (Å²) >= 11 is 0. The van der Waals surface area contributed by atoms with Gasteiger partial charge in [0, 0.05) is 6.54 Å². The second-order valence-corrected chi connectivity index (χ2v) is 4.74. The number of aliphatic carboxylic acids is 1. The van der Waals surface area contributed by atoms with Gasteiger partial charge in [0.2, 0.25) is 5.91 Å². The molecular formula is C11H16N2O4. The van der Waals surface area contributed by atoms with E-state index >= 15 is 0 Å². The Hall–Kier alpha value is -1.61. The molecule has 0 aromatic carbocycles. The van der Waals surface area contributed by atoms with E-state index in [-0.39, 0.29) is 12.5 Å². The predicted molar refractivity (Wildman–Crippen MR) is 57.9 cm³/mol. The average Bonchev–Trinajstić information content (AvgIpc) is 2.75. The Labute approximate surface area is 99.6 Å². The minimum absolute atomic E-state index is 0.222. The first-order valence-electron chi connectivity index (χ1n) is 5.43. The van der Waals surface area contributed by atoms with Crippen LogP contribution in [0.15, 0.2) is 0 Å². The summed E-state index contributed by atoms with van der Waals surface area (Å²) in [6, 6.07) is 2.06. The lowest BCUT2D eigenvalue weighted by Gasteiger charge is -2.18. The summed E-state index contributed by atoms with van der Waals surface area (Å²) < 4.78 is 5.09. The van der Waals surface area contributed by atoms with Gasteiger partial charge in [-0.25, -0.2) is 4.79 Å². The number of carboxylic acids is 1. The van der Waals surface area contributed by atoms with Crippen LogP contribution in [0.1, 0.15) is 26.7 Å². The van der Waals surface area contributed by atoms with Crippen LogP contribution in [0.5, 0.6) is 0 Å². The molecule has 0 spiro atoms. The molecule has 0 bridgehead atoms. The number of carbonyl (C=O) groups is 2. The van der Waals surface area contributed by atoms with Gasteiger partial charge in [-0.2, -0.15) is 5.26 Å². The Morgan fingerprint density at radius 3 is 2.53 bits per heavy atom. The predicted octanol–water partition coefficient (Wildman–Crippen LogP) is 0.285. The molecule has 1 saturated heterocycles. The van der Waals surface area contributed by atoms with E-state index in [0.29, 0.717) is 12.8 Å². The summed E-state index contributed by atoms with van der Waals surface area (Å²) in [5.74, 6) is -1.39. The molecule has 0 saturated carbocycles. The lowest BCUT2D eigenvalue weighted by Crippen LogP contribution is -2.40. The van der Waals surface area contributed by atoms with Crippen LogP contribution in [-0.2, 0) is 14.3 Å². The van der Waals surface area contributed by atoms with E-state index in [1.807, 2.05) is 0 Å². The monoisotopic (exact) mass is 240 g/mol. The number of nitrogens with one attached hydrogen (secondary N) is 1. The SMILES string of the molecule is CC(C)(C#N)CNC(=O)[C@@H]1CC[C@H](C(=O)O)O1. The number of carboxylic acid groups (broad SMARTS) is 1. The van der Waals surface area contributed by atoms with Crippen molar-refractivity contribution in [1.29, 1.82) is 5.26 Å². The van der Waals surface area contributed by atoms with Crippen molar-refractivity contribution in [3.63, 3.8) is 0 Å². The van der Waals surface area contributed by atoms with Gasteiger partial charge in [-0.05, 0) is 26.7 Å². The number of nitrogens with zero attached hydrogens (tertiary/aromatic N) is 1. The maximum absolute atomic E-state index is 11.6. The van der Waals surface area contributed by atoms with E-state index in [1.165, 1.54) is 0 Å². The maximum atomic E-state index is 11.6. The summed E-state index contributed by atoms with van der Waals surface area (Å²) in [4.78, 5) is 22.3. The smallest absolute Gasteiger partial charge is 0.332 e. The first-order valence-corrected chi connectivity index (χ1v) is 5.43. The second-order valence-electron chi connectivity index (χ2n) is 4.74. The number of hydrogen-bond donors (Lipinski definition) is 2. The van der Waals surface area contributed by atoms with Gasteiger partial charge in [0.1, 0.15) is 6.10 Å². The minimum atomic E-state index is -1.04. The fraction of sp³-hybridized carbons (Fsp3) is 0.727. The number of hydrogen-bond acceptors (Lipinski definition) is 4. The second kappa shape index (κ2) is 5.15. The van der Waals surface area contributed by atoms with Crippen molar-refractivity contribution in [3.8, 4) is 6.07 Å². The van der Waals surface area contributed by atoms with Crippen LogP contribution in [-0.4, -0.2) is 35.7 Å². The van der Waals surface area contributed by atoms with E-state index in [0.717, 1.165) is 0 Å². The Morgan fingerprint density at radius 2 is 2.06 bits per heavy atom. The largest absolute Gasteiger partial charge is 0.479 e. The third-order valence-corrected chi connectivity index (χ3v) is 2.59. The first-order chi connectivity index (χ1) is 7.85. The number of nitriles is 1. The molecule has 1 aliphatic rings. The highest BCUT2D eigenvalue weighted by molar-refractivity contribution is 5.82. The van der Waals surface area contributed by atoms with Crippen LogP contribution >= 0.6 is 0 Å². The van der Waals surface area contributed by atoms with E-state index < -0.39 is 23.6 Å². The van der Waals surface area contributed by atoms with Crippen LogP contribution in [0.2, 0.25) is 0 Å². The maximum Gasteiger partial charge on any atom is 0.332 e. The Morgan fingerprint density at radius 1 is 1.47 bits per heavy atom. The number of ether oxygens (including phenoxy) is 1. The zero-order valence-corrected chi connectivity index (χ0v) is 9.90. The zero-order chi connectivity index (χ0) is 13.1. The topological polar surface area (TPSA) is 99.4 Å². The fourth-order valence-corrected chi connectivity index (χ4v) is 1.47. The average molecular weight is 240 g/mol. The Kier molecular flexibility index (Phi) is 4.07. The zero-order valence-electron chi connectivity index (χ0n) is 9.90. The van der Waals surface area contributed by atoms with Crippen molar-refractivity contribution in [2.45, 2.75) is 38.9 Å². The van der Waals surface area contributed by atoms with Gasteiger partial charge in [-0.3, -0.25) is 4.79 Å². The van der Waals surface area contributed by atoms with Crippen molar-refractivity contribution < 1.29 is 19.4 Å². The Bertz CT molecular complexity index is 359. The molecule has 2 atom stereocenters. The van der Waals surface area contributed by atoms with Crippen LogP contribution in [0.4, 0.5) is 0 Å². The first kappa shape index (κ1) is 13.5. The summed E-state index contributed by atoms with van der Waals surface area (Å²) in [5.41, 5.74) is -0.638. The molecule has 1 fully saturated rings. The van der Waals surface area contributed by atoms with Gasteiger partial charge in [0.25, 0.3) is 0 Å². The lowest BCUT2D eigenvalue weighted by atomic mass is 9.96. The van der Waals surface area contributed by atoms with E-state index in [4.69, 9.17) is 15.1 Å². The fourth-order valence-electron chi connectivity index (χ4n) is 1.47. The van der Waals surface area contributed by atoms with Crippen molar-refractivity contribution >= 4 is 11.9 Å². The number of carbonyl (C=O) groups excluding carboxylic acids is 1. The molecule has 0 aromatic rings. The van der Waals surface area contributed by atoms with Gasteiger partial charge in [0.15, 0.2) is 6.10 Å². The standard InChI is InChI=1S/C11H16N2O4/c1-11(2,5-12)6-13-9(14)7-3-4-8(17-7)10(15)16/h7-8H,3-4,6H2,1-2H3,(H,13,14)(H,15,16)/t7-,8+/m0/s1. The normalized spacial score (nSPS) is 24.1. The van der Waals surface area contributed by atoms with Gasteiger partial charge < -0.3 is 15.2 Å². The Balaban J connectivity index is 2.41. The molecule has 94 valence electrons. The van der Waals surface area contributed by atoms with E-state index in [2.05, 4.69) is 11.4 Å².